The van der Waals surface area contributed by atoms with Crippen LogP contribution in [0.25, 0.3) is 16.5 Å². The van der Waals surface area contributed by atoms with Crippen LogP contribution >= 0.6 is 11.8 Å². The van der Waals surface area contributed by atoms with Crippen molar-refractivity contribution in [1.29, 1.82) is 0 Å². The summed E-state index contributed by atoms with van der Waals surface area (Å²) in [5.74, 6) is 2.22. The fourth-order valence-electron chi connectivity index (χ4n) is 4.30. The summed E-state index contributed by atoms with van der Waals surface area (Å²) in [7, 11) is 3.16. The summed E-state index contributed by atoms with van der Waals surface area (Å²) in [5.41, 5.74) is 5.95. The van der Waals surface area contributed by atoms with E-state index in [0.29, 0.717) is 41.0 Å². The number of rotatable bonds is 9. The molecule has 0 bridgehead atoms. The van der Waals surface area contributed by atoms with Crippen molar-refractivity contribution in [3.8, 4) is 11.6 Å². The van der Waals surface area contributed by atoms with Gasteiger partial charge in [0.2, 0.25) is 16.9 Å². The standard InChI is InChI=1S/C27H29N3O5S/c1-15-11-19(14-22(24(15)32-4)27(31)36-6)20(9-7-8-10-23-29-28-17(3)34-23)18-12-16(2)25-21(13-18)26(33-5)30-35-25/h9,11-14H,7-8,10H2,1-6H3/b20-9-. The summed E-state index contributed by atoms with van der Waals surface area (Å²) in [4.78, 5) is 12.8. The van der Waals surface area contributed by atoms with Crippen LogP contribution in [0.2, 0.25) is 0 Å². The van der Waals surface area contributed by atoms with E-state index in [4.69, 9.17) is 18.4 Å². The molecular formula is C27H29N3O5S. The van der Waals surface area contributed by atoms with Gasteiger partial charge in [0.15, 0.2) is 5.58 Å². The Hall–Kier alpha value is -3.59. The molecule has 188 valence electrons. The zero-order valence-electron chi connectivity index (χ0n) is 21.3. The number of fused-ring (bicyclic) bond motifs is 1. The van der Waals surface area contributed by atoms with E-state index >= 15 is 0 Å². The molecule has 0 spiro atoms. The number of hydrogen-bond donors (Lipinski definition) is 0. The summed E-state index contributed by atoms with van der Waals surface area (Å²) >= 11 is 1.17. The number of ether oxygens (including phenoxy) is 2. The highest BCUT2D eigenvalue weighted by Crippen LogP contribution is 2.36. The monoisotopic (exact) mass is 507 g/mol. The van der Waals surface area contributed by atoms with Crippen LogP contribution in [0, 0.1) is 20.8 Å². The minimum atomic E-state index is -0.0461. The molecule has 0 amide bonds. The highest BCUT2D eigenvalue weighted by atomic mass is 32.2. The molecule has 0 fully saturated rings. The van der Waals surface area contributed by atoms with Gasteiger partial charge >= 0.3 is 0 Å². The van der Waals surface area contributed by atoms with E-state index in [0.717, 1.165) is 46.1 Å². The summed E-state index contributed by atoms with van der Waals surface area (Å²) in [5, 5.41) is 12.8. The third-order valence-electron chi connectivity index (χ3n) is 5.94. The summed E-state index contributed by atoms with van der Waals surface area (Å²) in [6.07, 6.45) is 6.23. The van der Waals surface area contributed by atoms with Gasteiger partial charge in [-0.05, 0) is 90.2 Å². The Morgan fingerprint density at radius 1 is 1.03 bits per heavy atom. The quantitative estimate of drug-likeness (QED) is 0.248. The van der Waals surface area contributed by atoms with E-state index in [9.17, 15) is 4.79 Å². The molecule has 4 rings (SSSR count). The van der Waals surface area contributed by atoms with Crippen molar-refractivity contribution in [3.63, 3.8) is 0 Å². The lowest BCUT2D eigenvalue weighted by molar-refractivity contribution is 0.108. The highest BCUT2D eigenvalue weighted by Gasteiger charge is 2.19. The molecule has 4 aromatic rings. The van der Waals surface area contributed by atoms with Crippen molar-refractivity contribution < 1.29 is 23.2 Å². The van der Waals surface area contributed by atoms with Crippen LogP contribution in [0.3, 0.4) is 0 Å². The van der Waals surface area contributed by atoms with Gasteiger partial charge in [-0.25, -0.2) is 0 Å². The number of aromatic nitrogens is 3. The van der Waals surface area contributed by atoms with Crippen LogP contribution in [0.1, 0.15) is 57.2 Å². The Kier molecular flexibility index (Phi) is 7.79. The van der Waals surface area contributed by atoms with Gasteiger partial charge in [-0.3, -0.25) is 4.79 Å². The van der Waals surface area contributed by atoms with Crippen molar-refractivity contribution in [2.45, 2.75) is 40.0 Å². The van der Waals surface area contributed by atoms with Crippen molar-refractivity contribution in [2.75, 3.05) is 20.5 Å². The Morgan fingerprint density at radius 2 is 1.78 bits per heavy atom. The Morgan fingerprint density at radius 3 is 2.44 bits per heavy atom. The van der Waals surface area contributed by atoms with Crippen molar-refractivity contribution in [1.82, 2.24) is 15.4 Å². The first-order chi connectivity index (χ1) is 17.4. The normalized spacial score (nSPS) is 11.8. The first-order valence-corrected chi connectivity index (χ1v) is 12.8. The zero-order valence-corrected chi connectivity index (χ0v) is 22.1. The topological polar surface area (TPSA) is 100 Å². The lowest BCUT2D eigenvalue weighted by Gasteiger charge is -2.16. The van der Waals surface area contributed by atoms with E-state index in [1.165, 1.54) is 11.8 Å². The second kappa shape index (κ2) is 11.0. The molecule has 0 aliphatic carbocycles. The molecule has 0 saturated carbocycles. The average Bonchev–Trinajstić information content (AvgIpc) is 3.48. The molecule has 2 aromatic heterocycles. The summed E-state index contributed by atoms with van der Waals surface area (Å²) in [6, 6.07) is 8.03. The molecule has 0 unspecified atom stereocenters. The van der Waals surface area contributed by atoms with E-state index in [1.807, 2.05) is 32.0 Å². The largest absolute Gasteiger partial charge is 0.496 e. The molecular weight excluding hydrogens is 478 g/mol. The van der Waals surface area contributed by atoms with Crippen molar-refractivity contribution in [2.24, 2.45) is 0 Å². The second-order valence-electron chi connectivity index (χ2n) is 8.45. The maximum Gasteiger partial charge on any atom is 0.261 e. The van der Waals surface area contributed by atoms with Gasteiger partial charge in [-0.1, -0.05) is 17.8 Å². The smallest absolute Gasteiger partial charge is 0.261 e. The van der Waals surface area contributed by atoms with Gasteiger partial charge in [-0.2, -0.15) is 0 Å². The van der Waals surface area contributed by atoms with Crippen LogP contribution in [-0.2, 0) is 6.42 Å². The fourth-order valence-corrected chi connectivity index (χ4v) is 4.67. The fraction of sp³-hybridized carbons (Fsp3) is 0.333. The molecule has 0 aliphatic rings. The number of allylic oxidation sites excluding steroid dienone is 1. The number of hydrogen-bond acceptors (Lipinski definition) is 9. The lowest BCUT2D eigenvalue weighted by Crippen LogP contribution is -2.02. The average molecular weight is 508 g/mol. The lowest BCUT2D eigenvalue weighted by atomic mass is 9.91. The molecule has 2 aromatic carbocycles. The number of thioether (sulfide) groups is 1. The maximum absolute atomic E-state index is 12.8. The predicted molar refractivity (Wildman–Crippen MR) is 140 cm³/mol. The van der Waals surface area contributed by atoms with Crippen molar-refractivity contribution >= 4 is 33.4 Å². The minimum Gasteiger partial charge on any atom is -0.496 e. The number of carbonyl (C=O) groups excluding carboxylic acids is 1. The highest BCUT2D eigenvalue weighted by molar-refractivity contribution is 8.13. The Labute approximate surface area is 214 Å². The van der Waals surface area contributed by atoms with E-state index < -0.39 is 0 Å². The second-order valence-corrected chi connectivity index (χ2v) is 9.23. The molecule has 0 aliphatic heterocycles. The Bertz CT molecular complexity index is 1440. The summed E-state index contributed by atoms with van der Waals surface area (Å²) < 4.78 is 22.0. The zero-order chi connectivity index (χ0) is 25.8. The summed E-state index contributed by atoms with van der Waals surface area (Å²) in [6.45, 7) is 5.71. The first-order valence-electron chi connectivity index (χ1n) is 11.6. The number of carbonyl (C=O) groups is 1. The molecule has 9 heteroatoms. The van der Waals surface area contributed by atoms with E-state index in [-0.39, 0.29) is 5.12 Å². The first kappa shape index (κ1) is 25.5. The van der Waals surface area contributed by atoms with E-state index in [1.54, 1.807) is 27.4 Å². The van der Waals surface area contributed by atoms with Gasteiger partial charge in [0.05, 0.1) is 25.2 Å². The van der Waals surface area contributed by atoms with Gasteiger partial charge in [0.1, 0.15) is 5.75 Å². The van der Waals surface area contributed by atoms with E-state index in [2.05, 4.69) is 27.5 Å². The van der Waals surface area contributed by atoms with Crippen LogP contribution in [-0.4, -0.2) is 40.9 Å². The number of unbranched alkanes of at least 4 members (excludes halogenated alkanes) is 1. The predicted octanol–water partition coefficient (Wildman–Crippen LogP) is 6.11. The van der Waals surface area contributed by atoms with Gasteiger partial charge < -0.3 is 18.4 Å². The number of benzene rings is 2. The molecule has 0 atom stereocenters. The van der Waals surface area contributed by atoms with Crippen LogP contribution in [0.5, 0.6) is 11.6 Å². The third kappa shape index (κ3) is 5.16. The molecule has 8 nitrogen and oxygen atoms in total. The van der Waals surface area contributed by atoms with Gasteiger partial charge in [0.25, 0.3) is 5.88 Å². The SMILES string of the molecule is COc1c(C)cc(/C(=C\CCCc2nnc(C)o2)c2cc(C)c3onc(OC)c3c2)cc1C(=O)SC. The van der Waals surface area contributed by atoms with Crippen LogP contribution in [0.15, 0.2) is 39.3 Å². The maximum atomic E-state index is 12.8. The number of nitrogens with zero attached hydrogens (tertiary/aromatic N) is 3. The van der Waals surface area contributed by atoms with Crippen molar-refractivity contribution in [3.05, 3.63) is 69.9 Å². The molecule has 2 heterocycles. The number of aryl methyl sites for hydroxylation is 4. The minimum absolute atomic E-state index is 0.0461. The van der Waals surface area contributed by atoms with Gasteiger partial charge in [0, 0.05) is 13.3 Å². The molecule has 0 saturated heterocycles. The van der Waals surface area contributed by atoms with Crippen LogP contribution in [0.4, 0.5) is 0 Å². The number of methoxy groups -OCH3 is 2. The molecule has 36 heavy (non-hydrogen) atoms. The van der Waals surface area contributed by atoms with Crippen LogP contribution < -0.4 is 9.47 Å². The molecule has 0 N–H and O–H groups in total. The third-order valence-corrected chi connectivity index (χ3v) is 6.53. The Balaban J connectivity index is 1.80. The van der Waals surface area contributed by atoms with Gasteiger partial charge in [-0.15, -0.1) is 10.2 Å². The molecule has 0 radical (unpaired) electrons.